The Morgan fingerprint density at radius 2 is 1.76 bits per heavy atom. The van der Waals surface area contributed by atoms with Gasteiger partial charge in [0.15, 0.2) is 0 Å². The summed E-state index contributed by atoms with van der Waals surface area (Å²) in [7, 11) is 0. The van der Waals surface area contributed by atoms with Crippen molar-refractivity contribution in [3.05, 3.63) is 89.9 Å². The SMILES string of the molecule is CC(O)C(=O)N(C[C@@H]1CNC[C@@H]1F)[C@@H](c1nc(-c2cc(F)ccc2F)cn1Cc1ccccc1)C1CCN(C(=O)CCOCCN2C(=O)C=CC2=O)CC1. The maximum Gasteiger partial charge on any atom is 0.253 e. The zero-order valence-electron chi connectivity index (χ0n) is 30.1. The Bertz CT molecular complexity index is 1830. The third-order valence-electron chi connectivity index (χ3n) is 10.3. The Hall–Kier alpha value is -4.86. The lowest BCUT2D eigenvalue weighted by atomic mass is 9.86. The van der Waals surface area contributed by atoms with Gasteiger partial charge in [-0.25, -0.2) is 18.2 Å². The van der Waals surface area contributed by atoms with E-state index in [2.05, 4.69) is 5.32 Å². The van der Waals surface area contributed by atoms with Crippen LogP contribution in [-0.4, -0.2) is 118 Å². The number of hydrogen-bond donors (Lipinski definition) is 2. The van der Waals surface area contributed by atoms with Crippen LogP contribution in [0.2, 0.25) is 0 Å². The number of imidazole rings is 1. The molecule has 1 unspecified atom stereocenters. The van der Waals surface area contributed by atoms with Crippen molar-refractivity contribution in [2.75, 3.05) is 52.5 Å². The van der Waals surface area contributed by atoms with Crippen molar-refractivity contribution in [3.63, 3.8) is 0 Å². The van der Waals surface area contributed by atoms with E-state index in [1.807, 2.05) is 30.3 Å². The van der Waals surface area contributed by atoms with Crippen LogP contribution in [0.1, 0.15) is 43.6 Å². The van der Waals surface area contributed by atoms with Gasteiger partial charge in [-0.05, 0) is 49.4 Å². The number of imide groups is 1. The quantitative estimate of drug-likeness (QED) is 0.179. The Kier molecular flexibility index (Phi) is 12.6. The summed E-state index contributed by atoms with van der Waals surface area (Å²) >= 11 is 0. The fourth-order valence-electron chi connectivity index (χ4n) is 7.41. The number of aliphatic hydroxyl groups excluding tert-OH is 1. The third-order valence-corrected chi connectivity index (χ3v) is 10.3. The van der Waals surface area contributed by atoms with E-state index in [1.165, 1.54) is 24.0 Å². The van der Waals surface area contributed by atoms with Crippen molar-refractivity contribution in [1.82, 2.24) is 29.6 Å². The fraction of sp³-hybridized carbons (Fsp3) is 0.462. The first-order chi connectivity index (χ1) is 26.0. The molecule has 0 saturated carbocycles. The highest BCUT2D eigenvalue weighted by molar-refractivity contribution is 6.12. The summed E-state index contributed by atoms with van der Waals surface area (Å²) in [6, 6.07) is 11.7. The van der Waals surface area contributed by atoms with Crippen molar-refractivity contribution in [3.8, 4) is 11.3 Å². The monoisotopic (exact) mass is 750 g/mol. The highest BCUT2D eigenvalue weighted by Crippen LogP contribution is 2.39. The minimum Gasteiger partial charge on any atom is -0.384 e. The molecule has 2 aromatic carbocycles. The summed E-state index contributed by atoms with van der Waals surface area (Å²) in [6.45, 7) is 3.01. The first-order valence-electron chi connectivity index (χ1n) is 18.3. The van der Waals surface area contributed by atoms with Crippen LogP contribution in [-0.2, 0) is 30.5 Å². The number of aliphatic hydroxyl groups is 1. The molecular weight excluding hydrogens is 705 g/mol. The van der Waals surface area contributed by atoms with E-state index in [9.17, 15) is 28.7 Å². The third kappa shape index (κ3) is 9.08. The zero-order valence-corrected chi connectivity index (χ0v) is 30.1. The van der Waals surface area contributed by atoms with Crippen LogP contribution < -0.4 is 5.32 Å². The summed E-state index contributed by atoms with van der Waals surface area (Å²) in [5.41, 5.74) is 0.980. The van der Waals surface area contributed by atoms with E-state index in [0.717, 1.165) is 28.7 Å². The first kappa shape index (κ1) is 38.9. The lowest BCUT2D eigenvalue weighted by Gasteiger charge is -2.42. The second kappa shape index (κ2) is 17.5. The molecule has 4 amide bonds. The maximum atomic E-state index is 15.2. The molecule has 3 aliphatic heterocycles. The Morgan fingerprint density at radius 3 is 2.43 bits per heavy atom. The van der Waals surface area contributed by atoms with Crippen LogP contribution in [0.4, 0.5) is 13.2 Å². The lowest BCUT2D eigenvalue weighted by molar-refractivity contribution is -0.146. The van der Waals surface area contributed by atoms with Gasteiger partial charge in [0.05, 0.1) is 37.9 Å². The van der Waals surface area contributed by atoms with Crippen molar-refractivity contribution < 1.29 is 42.2 Å². The minimum atomic E-state index is -1.42. The van der Waals surface area contributed by atoms with Crippen molar-refractivity contribution in [2.24, 2.45) is 11.8 Å². The molecule has 3 aromatic rings. The molecule has 12 nitrogen and oxygen atoms in total. The zero-order chi connectivity index (χ0) is 38.4. The maximum absolute atomic E-state index is 15.2. The van der Waals surface area contributed by atoms with E-state index in [-0.39, 0.29) is 68.9 Å². The van der Waals surface area contributed by atoms with Gasteiger partial charge in [0, 0.05) is 69.1 Å². The van der Waals surface area contributed by atoms with E-state index < -0.39 is 53.6 Å². The van der Waals surface area contributed by atoms with Crippen molar-refractivity contribution in [2.45, 2.75) is 51.0 Å². The summed E-state index contributed by atoms with van der Waals surface area (Å²) in [6.07, 6.45) is 2.30. The summed E-state index contributed by atoms with van der Waals surface area (Å²) in [4.78, 5) is 59.8. The number of amides is 4. The van der Waals surface area contributed by atoms with Gasteiger partial charge in [0.25, 0.3) is 17.7 Å². The standard InChI is InChI=1S/C39H45F3N6O6/c1-25(49)39(53)48(23-28-20-43-21-32(28)42)37(27-11-14-45(15-12-27)34(50)13-17-54-18-16-47-35(51)9-10-36(47)52)38-44-33(30-19-29(40)7-8-31(30)41)24-46(38)22-26-5-3-2-4-6-26/h2-10,19,24-25,27-28,32,37,43,49H,11-18,20-23H2,1H3/t25?,28-,32-,37+/m0/s1. The first-order valence-corrected chi connectivity index (χ1v) is 18.3. The number of nitrogens with one attached hydrogen (secondary N) is 1. The van der Waals surface area contributed by atoms with Crippen molar-refractivity contribution in [1.29, 1.82) is 0 Å². The number of piperidine rings is 1. The smallest absolute Gasteiger partial charge is 0.253 e. The topological polar surface area (TPSA) is 137 Å². The van der Waals surface area contributed by atoms with Crippen LogP contribution in [0, 0.1) is 23.5 Å². The molecule has 2 saturated heterocycles. The molecule has 0 aliphatic carbocycles. The van der Waals surface area contributed by atoms with E-state index >= 15 is 8.78 Å². The number of hydrogen-bond acceptors (Lipinski definition) is 8. The molecule has 4 atom stereocenters. The molecular formula is C39H45F3N6O6. The molecule has 0 radical (unpaired) electrons. The number of ether oxygens (including phenoxy) is 1. The predicted molar refractivity (Wildman–Crippen MR) is 191 cm³/mol. The molecule has 0 spiro atoms. The Labute approximate surface area is 311 Å². The Morgan fingerprint density at radius 1 is 1.04 bits per heavy atom. The normalized spacial score (nSPS) is 20.2. The largest absolute Gasteiger partial charge is 0.384 e. The Balaban J connectivity index is 1.26. The summed E-state index contributed by atoms with van der Waals surface area (Å²) < 4.78 is 52.1. The number of carbonyl (C=O) groups excluding carboxylic acids is 4. The van der Waals surface area contributed by atoms with Gasteiger partial charge < -0.3 is 29.5 Å². The number of aromatic nitrogens is 2. The average Bonchev–Trinajstić information content (AvgIpc) is 3.86. The molecule has 2 N–H and O–H groups in total. The highest BCUT2D eigenvalue weighted by atomic mass is 19.1. The number of nitrogens with zero attached hydrogens (tertiary/aromatic N) is 5. The van der Waals surface area contributed by atoms with Gasteiger partial charge in [-0.1, -0.05) is 30.3 Å². The van der Waals surface area contributed by atoms with Gasteiger partial charge in [0.2, 0.25) is 5.91 Å². The molecule has 3 aliphatic rings. The molecule has 288 valence electrons. The lowest BCUT2D eigenvalue weighted by Crippen LogP contribution is -2.50. The fourth-order valence-corrected chi connectivity index (χ4v) is 7.41. The number of likely N-dealkylation sites (tertiary alicyclic amines) is 1. The van der Waals surface area contributed by atoms with E-state index in [0.29, 0.717) is 38.3 Å². The predicted octanol–water partition coefficient (Wildman–Crippen LogP) is 3.25. The molecule has 4 heterocycles. The van der Waals surface area contributed by atoms with Crippen molar-refractivity contribution >= 4 is 23.6 Å². The van der Waals surface area contributed by atoms with Crippen LogP contribution in [0.5, 0.6) is 0 Å². The van der Waals surface area contributed by atoms with Crippen LogP contribution in [0.15, 0.2) is 66.9 Å². The van der Waals surface area contributed by atoms with Crippen LogP contribution >= 0.6 is 0 Å². The summed E-state index contributed by atoms with van der Waals surface area (Å²) in [5.74, 6) is -3.40. The second-order valence-electron chi connectivity index (χ2n) is 14.0. The molecule has 1 aromatic heterocycles. The van der Waals surface area contributed by atoms with Gasteiger partial charge in [0.1, 0.15) is 29.7 Å². The van der Waals surface area contributed by atoms with E-state index in [1.54, 1.807) is 15.7 Å². The number of benzene rings is 2. The van der Waals surface area contributed by atoms with Gasteiger partial charge >= 0.3 is 0 Å². The number of carbonyl (C=O) groups is 4. The summed E-state index contributed by atoms with van der Waals surface area (Å²) in [5, 5.41) is 13.7. The van der Waals surface area contributed by atoms with Gasteiger partial charge in [-0.2, -0.15) is 0 Å². The van der Waals surface area contributed by atoms with Crippen LogP contribution in [0.3, 0.4) is 0 Å². The number of rotatable bonds is 15. The molecule has 6 rings (SSSR count). The van der Waals surface area contributed by atoms with E-state index in [4.69, 9.17) is 9.72 Å². The van der Waals surface area contributed by atoms with Gasteiger partial charge in [-0.15, -0.1) is 0 Å². The highest BCUT2D eigenvalue weighted by Gasteiger charge is 2.42. The molecule has 0 bridgehead atoms. The molecule has 15 heteroatoms. The molecule has 54 heavy (non-hydrogen) atoms. The average molecular weight is 751 g/mol. The second-order valence-corrected chi connectivity index (χ2v) is 14.0. The van der Waals surface area contributed by atoms with Crippen LogP contribution in [0.25, 0.3) is 11.3 Å². The minimum absolute atomic E-state index is 0.0222. The molecule has 2 fully saturated rings. The van der Waals surface area contributed by atoms with Gasteiger partial charge in [-0.3, -0.25) is 24.1 Å². The number of halogens is 3. The number of alkyl halides is 1.